The molecular formula is C32H50N6O3. The summed E-state index contributed by atoms with van der Waals surface area (Å²) in [7, 11) is 0. The van der Waals surface area contributed by atoms with Crippen molar-refractivity contribution < 1.29 is 14.7 Å². The average molecular weight is 567 g/mol. The van der Waals surface area contributed by atoms with E-state index in [1.54, 1.807) is 0 Å². The van der Waals surface area contributed by atoms with Crippen LogP contribution in [0.15, 0.2) is 24.3 Å². The summed E-state index contributed by atoms with van der Waals surface area (Å²) in [4.78, 5) is 32.6. The smallest absolute Gasteiger partial charge is 0.253 e. The molecule has 0 spiro atoms. The lowest BCUT2D eigenvalue weighted by Gasteiger charge is -2.34. The van der Waals surface area contributed by atoms with Crippen molar-refractivity contribution in [1.82, 2.24) is 29.8 Å². The minimum Gasteiger partial charge on any atom is -0.379 e. The number of unbranched alkanes of at least 4 members (excludes halogenated alkanes) is 1. The molecule has 0 bridgehead atoms. The quantitative estimate of drug-likeness (QED) is 0.479. The number of likely N-dealkylation sites (tertiary alicyclic amines) is 1. The van der Waals surface area contributed by atoms with Crippen molar-refractivity contribution in [1.29, 1.82) is 0 Å². The second-order valence-electron chi connectivity index (χ2n) is 12.2. The average Bonchev–Trinajstić information content (AvgIpc) is 3.59. The summed E-state index contributed by atoms with van der Waals surface area (Å²) in [5, 5.41) is 18.9. The lowest BCUT2D eigenvalue weighted by atomic mass is 10.0. The fourth-order valence-electron chi connectivity index (χ4n) is 5.99. The molecule has 0 saturated carbocycles. The number of amides is 2. The van der Waals surface area contributed by atoms with Gasteiger partial charge in [0.05, 0.1) is 17.4 Å². The number of aliphatic hydroxyl groups is 1. The normalized spacial score (nSPS) is 21.2. The zero-order valence-corrected chi connectivity index (χ0v) is 25.7. The number of hydrogen-bond donors (Lipinski definition) is 2. The molecule has 9 nitrogen and oxygen atoms in total. The van der Waals surface area contributed by atoms with Crippen LogP contribution in [0.3, 0.4) is 0 Å². The van der Waals surface area contributed by atoms with Crippen LogP contribution in [0, 0.1) is 19.8 Å². The van der Waals surface area contributed by atoms with Gasteiger partial charge in [0.25, 0.3) is 5.91 Å². The number of rotatable bonds is 9. The molecule has 4 rings (SSSR count). The van der Waals surface area contributed by atoms with Gasteiger partial charge in [-0.3, -0.25) is 19.8 Å². The Bertz CT molecular complexity index is 1150. The Morgan fingerprint density at radius 1 is 1.07 bits per heavy atom. The molecule has 9 heteroatoms. The first kappa shape index (κ1) is 31.2. The number of nitrogens with zero attached hydrogens (tertiary/aromatic N) is 5. The highest BCUT2D eigenvalue weighted by molar-refractivity contribution is 5.94. The zero-order valence-electron chi connectivity index (χ0n) is 25.7. The van der Waals surface area contributed by atoms with Gasteiger partial charge < -0.3 is 14.9 Å². The molecule has 1 unspecified atom stereocenters. The second-order valence-corrected chi connectivity index (χ2v) is 12.2. The van der Waals surface area contributed by atoms with Crippen molar-refractivity contribution in [2.45, 2.75) is 92.0 Å². The molecule has 1 aromatic carbocycles. The first-order valence-electron chi connectivity index (χ1n) is 15.6. The molecule has 2 N–H and O–H groups in total. The Labute approximate surface area is 245 Å². The second kappa shape index (κ2) is 14.4. The third kappa shape index (κ3) is 7.96. The molecule has 0 radical (unpaired) electrons. The lowest BCUT2D eigenvalue weighted by molar-refractivity contribution is -0.135. The first-order valence-corrected chi connectivity index (χ1v) is 15.6. The van der Waals surface area contributed by atoms with Crippen molar-refractivity contribution in [3.63, 3.8) is 0 Å². The predicted octanol–water partition coefficient (Wildman–Crippen LogP) is 3.88. The van der Waals surface area contributed by atoms with E-state index in [2.05, 4.69) is 37.9 Å². The van der Waals surface area contributed by atoms with Gasteiger partial charge in [0.15, 0.2) is 0 Å². The summed E-state index contributed by atoms with van der Waals surface area (Å²) in [6.45, 7) is 15.8. The van der Waals surface area contributed by atoms with Crippen molar-refractivity contribution in [3.8, 4) is 5.69 Å². The van der Waals surface area contributed by atoms with E-state index in [4.69, 9.17) is 5.10 Å². The molecule has 2 amide bonds. The highest BCUT2D eigenvalue weighted by Gasteiger charge is 2.29. The first-order chi connectivity index (χ1) is 19.7. The van der Waals surface area contributed by atoms with E-state index in [-0.39, 0.29) is 17.9 Å². The van der Waals surface area contributed by atoms with E-state index in [9.17, 15) is 14.7 Å². The number of carbonyl (C=O) groups excluding carboxylic acids is 2. The highest BCUT2D eigenvalue weighted by Crippen LogP contribution is 2.22. The molecule has 226 valence electrons. The fourth-order valence-corrected chi connectivity index (χ4v) is 5.99. The molecule has 2 atom stereocenters. The van der Waals surface area contributed by atoms with Gasteiger partial charge in [0, 0.05) is 62.6 Å². The number of aryl methyl sites for hydroxylation is 1. The van der Waals surface area contributed by atoms with Gasteiger partial charge in [-0.15, -0.1) is 0 Å². The molecular weight excluding hydrogens is 516 g/mol. The van der Waals surface area contributed by atoms with Crippen LogP contribution in [0.5, 0.6) is 0 Å². The van der Waals surface area contributed by atoms with Crippen LogP contribution in [0.4, 0.5) is 0 Å². The monoisotopic (exact) mass is 566 g/mol. The van der Waals surface area contributed by atoms with Crippen molar-refractivity contribution in [2.24, 2.45) is 5.92 Å². The zero-order chi connectivity index (χ0) is 29.5. The minimum absolute atomic E-state index is 0.0971. The van der Waals surface area contributed by atoms with Gasteiger partial charge in [-0.1, -0.05) is 27.2 Å². The van der Waals surface area contributed by atoms with Crippen LogP contribution in [-0.2, 0) is 11.3 Å². The number of nitrogens with one attached hydrogen (secondary N) is 1. The van der Waals surface area contributed by atoms with Gasteiger partial charge in [-0.2, -0.15) is 5.10 Å². The Balaban J connectivity index is 1.49. The number of aromatic nitrogens is 2. The minimum atomic E-state index is -0.733. The van der Waals surface area contributed by atoms with Gasteiger partial charge in [0.1, 0.15) is 6.23 Å². The maximum Gasteiger partial charge on any atom is 0.253 e. The van der Waals surface area contributed by atoms with Crippen LogP contribution < -0.4 is 5.32 Å². The number of benzene rings is 1. The molecule has 3 heterocycles. The van der Waals surface area contributed by atoms with Crippen LogP contribution in [0.2, 0.25) is 0 Å². The highest BCUT2D eigenvalue weighted by atomic mass is 16.3. The topological polar surface area (TPSA) is 93.9 Å². The van der Waals surface area contributed by atoms with E-state index in [0.717, 1.165) is 86.6 Å². The van der Waals surface area contributed by atoms with E-state index >= 15 is 0 Å². The molecule has 2 saturated heterocycles. The van der Waals surface area contributed by atoms with Gasteiger partial charge in [-0.25, -0.2) is 4.68 Å². The summed E-state index contributed by atoms with van der Waals surface area (Å²) >= 11 is 0. The SMILES string of the molecule is CCCCN1CCN(Cc2c(C)nn(-c3ccc(C(=O)N4CCCC4)cc3)c2C)CCC(O)N[C@@H](CC(C)C)C1=O. The molecule has 2 aromatic rings. The van der Waals surface area contributed by atoms with Gasteiger partial charge >= 0.3 is 0 Å². The van der Waals surface area contributed by atoms with Crippen LogP contribution >= 0.6 is 0 Å². The van der Waals surface area contributed by atoms with Gasteiger partial charge in [0.2, 0.25) is 5.91 Å². The summed E-state index contributed by atoms with van der Waals surface area (Å²) in [6, 6.07) is 7.40. The Kier molecular flexibility index (Phi) is 11.0. The maximum absolute atomic E-state index is 13.5. The standard InChI is InChI=1S/C32H50N6O3/c1-6-7-15-37-20-19-35(18-14-30(39)33-29(32(37)41)21-23(2)3)22-28-24(4)34-38(25(28)5)27-12-10-26(11-13-27)31(40)36-16-8-9-17-36/h10-13,23,29-30,33,39H,6-9,14-22H2,1-5H3/t29-,30?/m0/s1. The Morgan fingerprint density at radius 2 is 1.78 bits per heavy atom. The molecule has 2 aliphatic rings. The van der Waals surface area contributed by atoms with E-state index < -0.39 is 6.23 Å². The summed E-state index contributed by atoms with van der Waals surface area (Å²) in [5.74, 6) is 0.561. The molecule has 0 aliphatic carbocycles. The Morgan fingerprint density at radius 3 is 2.44 bits per heavy atom. The van der Waals surface area contributed by atoms with E-state index in [0.29, 0.717) is 31.8 Å². The largest absolute Gasteiger partial charge is 0.379 e. The van der Waals surface area contributed by atoms with Crippen LogP contribution in [0.1, 0.15) is 86.6 Å². The number of carbonyl (C=O) groups is 2. The fraction of sp³-hybridized carbons (Fsp3) is 0.656. The lowest BCUT2D eigenvalue weighted by Crippen LogP contribution is -2.54. The number of hydrogen-bond acceptors (Lipinski definition) is 6. The summed E-state index contributed by atoms with van der Waals surface area (Å²) < 4.78 is 1.96. The van der Waals surface area contributed by atoms with E-state index in [1.807, 2.05) is 45.7 Å². The Hall–Kier alpha value is -2.75. The van der Waals surface area contributed by atoms with Crippen LogP contribution in [-0.4, -0.2) is 92.9 Å². The van der Waals surface area contributed by atoms with E-state index in [1.165, 1.54) is 0 Å². The maximum atomic E-state index is 13.5. The molecule has 2 aliphatic heterocycles. The molecule has 2 fully saturated rings. The molecule has 1 aromatic heterocycles. The summed E-state index contributed by atoms with van der Waals surface area (Å²) in [6.07, 6.45) is 4.69. The van der Waals surface area contributed by atoms with Crippen LogP contribution in [0.25, 0.3) is 5.69 Å². The van der Waals surface area contributed by atoms with Crippen molar-refractivity contribution >= 4 is 11.8 Å². The van der Waals surface area contributed by atoms with Crippen molar-refractivity contribution in [3.05, 3.63) is 46.8 Å². The summed E-state index contributed by atoms with van der Waals surface area (Å²) in [5.41, 5.74) is 4.84. The number of aliphatic hydroxyl groups excluding tert-OH is 1. The third-order valence-electron chi connectivity index (χ3n) is 8.47. The predicted molar refractivity (Wildman–Crippen MR) is 162 cm³/mol. The third-order valence-corrected chi connectivity index (χ3v) is 8.47. The molecule has 41 heavy (non-hydrogen) atoms. The van der Waals surface area contributed by atoms with Gasteiger partial charge in [-0.05, 0) is 76.1 Å². The van der Waals surface area contributed by atoms with Crippen molar-refractivity contribution in [2.75, 3.05) is 39.3 Å².